The lowest BCUT2D eigenvalue weighted by Gasteiger charge is -2.41. The molecule has 2 aliphatic heterocycles. The smallest absolute Gasteiger partial charge is 0.259 e. The van der Waals surface area contributed by atoms with E-state index in [0.717, 1.165) is 17.0 Å². The number of carbonyl (C=O) groups is 4. The lowest BCUT2D eigenvalue weighted by atomic mass is 9.89. The van der Waals surface area contributed by atoms with Gasteiger partial charge >= 0.3 is 0 Å². The minimum Gasteiger partial charge on any atom is -0.379 e. The molecule has 54 heavy (non-hydrogen) atoms. The summed E-state index contributed by atoms with van der Waals surface area (Å²) in [7, 11) is 4.77. The Morgan fingerprint density at radius 3 is 2.41 bits per heavy atom. The quantitative estimate of drug-likeness (QED) is 0.192. The van der Waals surface area contributed by atoms with Crippen molar-refractivity contribution in [3.8, 4) is 0 Å². The van der Waals surface area contributed by atoms with Gasteiger partial charge in [0.15, 0.2) is 0 Å². The summed E-state index contributed by atoms with van der Waals surface area (Å²) in [5.74, 6) is -2.45. The maximum absolute atomic E-state index is 15.3. The van der Waals surface area contributed by atoms with Gasteiger partial charge in [-0.1, -0.05) is 71.4 Å². The number of hydrogen-bond donors (Lipinski definition) is 3. The van der Waals surface area contributed by atoms with Crippen molar-refractivity contribution in [3.63, 3.8) is 0 Å². The number of likely N-dealkylation sites (tertiary alicyclic amines) is 1. The van der Waals surface area contributed by atoms with Crippen LogP contribution in [-0.2, 0) is 35.1 Å². The van der Waals surface area contributed by atoms with Gasteiger partial charge in [0.1, 0.15) is 11.0 Å². The molecule has 2 aliphatic rings. The standard InChI is InChI=1S/C40H61FN6O6S/c1-9-26(4)34(46(6)38(50)33(25(2)3)45-39(51)40(41)17-18-42-24-40)31(52-7)23-32(48)47-20-13-16-30(47)35(53-8)27(5)36(49)44-29(37-43-19-21-54-37)22-28-14-11-10-12-15-28/h10-12,14-15,19,21,25-27,29-31,33-35,42H,9,13,16-18,20,22-24H2,1-8H3,(H,44,49)(H,45,51)/t26-,27+,29-,30-,31+,33-,34-,35+,40-/m0/s1. The molecule has 14 heteroatoms. The van der Waals surface area contributed by atoms with Crippen LogP contribution < -0.4 is 16.0 Å². The fraction of sp³-hybridized carbons (Fsp3) is 0.675. The zero-order chi connectivity index (χ0) is 39.6. The van der Waals surface area contributed by atoms with Crippen molar-refractivity contribution in [2.24, 2.45) is 17.8 Å². The fourth-order valence-electron chi connectivity index (χ4n) is 7.92. The lowest BCUT2D eigenvalue weighted by Crippen LogP contribution is -2.59. The monoisotopic (exact) mass is 772 g/mol. The van der Waals surface area contributed by atoms with Crippen LogP contribution in [0.5, 0.6) is 0 Å². The van der Waals surface area contributed by atoms with Crippen LogP contribution in [0.4, 0.5) is 4.39 Å². The van der Waals surface area contributed by atoms with E-state index in [9.17, 15) is 19.2 Å². The maximum Gasteiger partial charge on any atom is 0.259 e. The van der Waals surface area contributed by atoms with Gasteiger partial charge in [0.25, 0.3) is 5.91 Å². The first-order chi connectivity index (χ1) is 25.8. The molecule has 9 atom stereocenters. The third kappa shape index (κ3) is 10.4. The number of nitrogens with one attached hydrogen (secondary N) is 3. The van der Waals surface area contributed by atoms with Gasteiger partial charge in [-0.25, -0.2) is 9.37 Å². The number of aromatic nitrogens is 1. The van der Waals surface area contributed by atoms with Gasteiger partial charge in [-0.3, -0.25) is 19.2 Å². The summed E-state index contributed by atoms with van der Waals surface area (Å²) in [6, 6.07) is 7.82. The largest absolute Gasteiger partial charge is 0.379 e. The van der Waals surface area contributed by atoms with Gasteiger partial charge in [-0.05, 0) is 43.2 Å². The van der Waals surface area contributed by atoms with E-state index in [1.54, 1.807) is 30.2 Å². The van der Waals surface area contributed by atoms with Crippen LogP contribution in [0.3, 0.4) is 0 Å². The Kier molecular flexibility index (Phi) is 16.0. The number of hydrogen-bond acceptors (Lipinski definition) is 9. The zero-order valence-electron chi connectivity index (χ0n) is 33.2. The van der Waals surface area contributed by atoms with Crippen LogP contribution >= 0.6 is 11.3 Å². The Morgan fingerprint density at radius 1 is 1.11 bits per heavy atom. The average Bonchev–Trinajstić information content (AvgIpc) is 3.97. The molecule has 300 valence electrons. The Balaban J connectivity index is 1.47. The number of methoxy groups -OCH3 is 2. The minimum absolute atomic E-state index is 0.00218. The van der Waals surface area contributed by atoms with E-state index in [2.05, 4.69) is 20.9 Å². The number of rotatable bonds is 19. The number of amides is 4. The highest BCUT2D eigenvalue weighted by atomic mass is 32.1. The van der Waals surface area contributed by atoms with Crippen molar-refractivity contribution in [1.29, 1.82) is 0 Å². The average molecular weight is 773 g/mol. The molecular weight excluding hydrogens is 712 g/mol. The van der Waals surface area contributed by atoms with E-state index >= 15 is 4.39 Å². The van der Waals surface area contributed by atoms with Crippen LogP contribution in [0.15, 0.2) is 41.9 Å². The first-order valence-corrected chi connectivity index (χ1v) is 20.2. The molecule has 2 aromatic rings. The summed E-state index contributed by atoms with van der Waals surface area (Å²) in [6.45, 7) is 10.3. The molecule has 2 fully saturated rings. The van der Waals surface area contributed by atoms with Crippen molar-refractivity contribution < 1.29 is 33.0 Å². The molecule has 0 aliphatic carbocycles. The molecule has 1 aromatic carbocycles. The van der Waals surface area contributed by atoms with Crippen molar-refractivity contribution in [3.05, 3.63) is 52.5 Å². The molecule has 2 saturated heterocycles. The Bertz CT molecular complexity index is 1510. The summed E-state index contributed by atoms with van der Waals surface area (Å²) in [5, 5.41) is 11.5. The molecule has 0 bridgehead atoms. The number of carbonyl (C=O) groups excluding carboxylic acids is 4. The summed E-state index contributed by atoms with van der Waals surface area (Å²) in [6.07, 6.45) is 3.26. The minimum atomic E-state index is -2.07. The third-order valence-corrected chi connectivity index (χ3v) is 12.2. The number of benzene rings is 1. The predicted octanol–water partition coefficient (Wildman–Crippen LogP) is 4.31. The SMILES string of the molecule is CC[C@H](C)[C@@H]([C@@H](CC(=O)N1CCC[C@H]1[C@H](OC)[C@@H](C)C(=O)N[C@@H](Cc1ccccc1)c1nccs1)OC)N(C)C(=O)[C@@H](NC(=O)[C@]1(F)CCNC1)C(C)C. The highest BCUT2D eigenvalue weighted by Crippen LogP contribution is 2.31. The number of halogens is 1. The third-order valence-electron chi connectivity index (χ3n) is 11.3. The normalized spacial score (nSPS) is 22.6. The van der Waals surface area contributed by atoms with Crippen LogP contribution in [0.25, 0.3) is 0 Å². The van der Waals surface area contributed by atoms with Gasteiger partial charge in [-0.2, -0.15) is 0 Å². The van der Waals surface area contributed by atoms with E-state index in [-0.39, 0.29) is 61.0 Å². The molecule has 0 saturated carbocycles. The lowest BCUT2D eigenvalue weighted by molar-refractivity contribution is -0.148. The van der Waals surface area contributed by atoms with Gasteiger partial charge < -0.3 is 35.2 Å². The molecule has 0 spiro atoms. The van der Waals surface area contributed by atoms with Crippen molar-refractivity contribution in [2.45, 2.75) is 115 Å². The summed E-state index contributed by atoms with van der Waals surface area (Å²) >= 11 is 1.49. The first kappa shape index (κ1) is 43.3. The van der Waals surface area contributed by atoms with E-state index in [4.69, 9.17) is 9.47 Å². The van der Waals surface area contributed by atoms with Crippen LogP contribution in [0.1, 0.15) is 83.3 Å². The second kappa shape index (κ2) is 19.9. The van der Waals surface area contributed by atoms with Gasteiger partial charge in [-0.15, -0.1) is 11.3 Å². The molecule has 0 unspecified atom stereocenters. The Hall–Kier alpha value is -3.46. The summed E-state index contributed by atoms with van der Waals surface area (Å²) in [4.78, 5) is 63.1. The summed E-state index contributed by atoms with van der Waals surface area (Å²) < 4.78 is 27.3. The van der Waals surface area contributed by atoms with Crippen molar-refractivity contribution in [1.82, 2.24) is 30.7 Å². The highest BCUT2D eigenvalue weighted by Gasteiger charge is 2.46. The number of nitrogens with zero attached hydrogens (tertiary/aromatic N) is 3. The molecular formula is C40H61FN6O6S. The molecule has 3 heterocycles. The van der Waals surface area contributed by atoms with E-state index in [1.807, 2.05) is 70.3 Å². The van der Waals surface area contributed by atoms with Crippen LogP contribution in [0, 0.1) is 17.8 Å². The zero-order valence-corrected chi connectivity index (χ0v) is 34.0. The summed E-state index contributed by atoms with van der Waals surface area (Å²) in [5.41, 5.74) is -0.990. The van der Waals surface area contributed by atoms with Crippen LogP contribution in [-0.4, -0.2) is 115 Å². The number of likely N-dealkylation sites (N-methyl/N-ethyl adjacent to an activating group) is 1. The predicted molar refractivity (Wildman–Crippen MR) is 207 cm³/mol. The number of alkyl halides is 1. The van der Waals surface area contributed by atoms with Gasteiger partial charge in [0.05, 0.1) is 42.7 Å². The second-order valence-corrected chi connectivity index (χ2v) is 16.2. The highest BCUT2D eigenvalue weighted by molar-refractivity contribution is 7.09. The Labute approximate surface area is 324 Å². The Morgan fingerprint density at radius 2 is 1.83 bits per heavy atom. The van der Waals surface area contributed by atoms with Crippen LogP contribution in [0.2, 0.25) is 0 Å². The molecule has 4 amide bonds. The fourth-order valence-corrected chi connectivity index (χ4v) is 8.61. The molecule has 1 aromatic heterocycles. The van der Waals surface area contributed by atoms with E-state index in [0.29, 0.717) is 32.4 Å². The number of thiazole rings is 1. The van der Waals surface area contributed by atoms with Crippen molar-refractivity contribution in [2.75, 3.05) is 40.9 Å². The molecule has 3 N–H and O–H groups in total. The molecule has 4 rings (SSSR count). The van der Waals surface area contributed by atoms with Gasteiger partial charge in [0.2, 0.25) is 23.4 Å². The number of ether oxygens (including phenoxy) is 2. The maximum atomic E-state index is 15.3. The molecule has 0 radical (unpaired) electrons. The van der Waals surface area contributed by atoms with Crippen molar-refractivity contribution >= 4 is 35.0 Å². The second-order valence-electron chi connectivity index (χ2n) is 15.3. The van der Waals surface area contributed by atoms with Gasteiger partial charge in [0, 0.05) is 52.4 Å². The van der Waals surface area contributed by atoms with E-state index < -0.39 is 41.8 Å². The first-order valence-electron chi connectivity index (χ1n) is 19.3. The molecule has 12 nitrogen and oxygen atoms in total. The van der Waals surface area contributed by atoms with E-state index in [1.165, 1.54) is 18.4 Å². The topological polar surface area (TPSA) is 142 Å².